The molecule has 0 radical (unpaired) electrons. The number of benzene rings is 1. The lowest BCUT2D eigenvalue weighted by atomic mass is 9.70. The largest absolute Gasteiger partial charge is 0.493 e. The first-order chi connectivity index (χ1) is 11.8. The van der Waals surface area contributed by atoms with Crippen LogP contribution >= 0.6 is 0 Å². The first-order valence-corrected chi connectivity index (χ1v) is 9.56. The number of hydrogen-bond donors (Lipinski definition) is 0. The van der Waals surface area contributed by atoms with E-state index in [1.807, 2.05) is 0 Å². The molecule has 0 amide bonds. The maximum atomic E-state index is 6.19. The molecule has 0 unspecified atom stereocenters. The molecule has 4 nitrogen and oxygen atoms in total. The summed E-state index contributed by atoms with van der Waals surface area (Å²) in [7, 11) is -0.146. The quantitative estimate of drug-likeness (QED) is 0.779. The van der Waals surface area contributed by atoms with Gasteiger partial charge in [-0.15, -0.1) is 0 Å². The Labute approximate surface area is 151 Å². The summed E-state index contributed by atoms with van der Waals surface area (Å²) >= 11 is 0. The minimum atomic E-state index is -0.262. The molecule has 0 saturated carbocycles. The van der Waals surface area contributed by atoms with Crippen molar-refractivity contribution in [1.82, 2.24) is 0 Å². The monoisotopic (exact) mass is 344 g/mol. The van der Waals surface area contributed by atoms with Crippen LogP contribution < -0.4 is 4.74 Å². The summed E-state index contributed by atoms with van der Waals surface area (Å²) in [6, 6.07) is 6.59. The maximum Gasteiger partial charge on any atom is 0.463 e. The Morgan fingerprint density at radius 2 is 1.88 bits per heavy atom. The van der Waals surface area contributed by atoms with Crippen molar-refractivity contribution in [3.05, 3.63) is 29.3 Å². The molecular weight excluding hydrogens is 315 g/mol. The van der Waals surface area contributed by atoms with E-state index < -0.39 is 0 Å². The molecule has 136 valence electrons. The van der Waals surface area contributed by atoms with Gasteiger partial charge < -0.3 is 18.8 Å². The predicted molar refractivity (Wildman–Crippen MR) is 98.2 cm³/mol. The lowest BCUT2D eigenvalue weighted by molar-refractivity contribution is 0.00578. The SMILES string of the molecule is CC1(C)OB([C@@H]2CO[C@H](CCc3ccc4c(c3)CCO4)C2)OC1(C)C. The second kappa shape index (κ2) is 6.29. The topological polar surface area (TPSA) is 36.9 Å². The van der Waals surface area contributed by atoms with Crippen molar-refractivity contribution < 1.29 is 18.8 Å². The van der Waals surface area contributed by atoms with E-state index in [0.29, 0.717) is 11.9 Å². The molecule has 0 N–H and O–H groups in total. The third-order valence-corrected chi connectivity index (χ3v) is 6.28. The van der Waals surface area contributed by atoms with E-state index in [-0.39, 0.29) is 18.3 Å². The molecule has 25 heavy (non-hydrogen) atoms. The van der Waals surface area contributed by atoms with Crippen LogP contribution in [0.25, 0.3) is 0 Å². The Morgan fingerprint density at radius 1 is 1.12 bits per heavy atom. The zero-order valence-electron chi connectivity index (χ0n) is 15.8. The number of aryl methyl sites for hydroxylation is 1. The van der Waals surface area contributed by atoms with Crippen molar-refractivity contribution in [2.75, 3.05) is 13.2 Å². The van der Waals surface area contributed by atoms with Crippen LogP contribution in [0.15, 0.2) is 18.2 Å². The van der Waals surface area contributed by atoms with Crippen LogP contribution in [0.3, 0.4) is 0 Å². The van der Waals surface area contributed by atoms with Crippen LogP contribution in [-0.2, 0) is 26.9 Å². The molecule has 3 aliphatic heterocycles. The second-order valence-electron chi connectivity index (χ2n) is 8.66. The van der Waals surface area contributed by atoms with Gasteiger partial charge in [0.25, 0.3) is 0 Å². The van der Waals surface area contributed by atoms with Crippen molar-refractivity contribution in [2.45, 2.75) is 76.5 Å². The number of hydrogen-bond acceptors (Lipinski definition) is 4. The average molecular weight is 344 g/mol. The fourth-order valence-electron chi connectivity index (χ4n) is 3.93. The van der Waals surface area contributed by atoms with Gasteiger partial charge in [0.2, 0.25) is 0 Å². The first kappa shape index (κ1) is 17.4. The van der Waals surface area contributed by atoms with Gasteiger partial charge in [-0.1, -0.05) is 12.1 Å². The van der Waals surface area contributed by atoms with Crippen molar-refractivity contribution >= 4 is 7.12 Å². The van der Waals surface area contributed by atoms with Gasteiger partial charge in [-0.2, -0.15) is 0 Å². The van der Waals surface area contributed by atoms with Crippen molar-refractivity contribution in [1.29, 1.82) is 0 Å². The Hall–Kier alpha value is -1.04. The predicted octanol–water partition coefficient (Wildman–Crippen LogP) is 3.81. The normalized spacial score (nSPS) is 29.7. The Morgan fingerprint density at radius 3 is 2.64 bits per heavy atom. The Balaban J connectivity index is 1.30. The van der Waals surface area contributed by atoms with Crippen LogP contribution in [0, 0.1) is 0 Å². The summed E-state index contributed by atoms with van der Waals surface area (Å²) in [5.74, 6) is 1.39. The van der Waals surface area contributed by atoms with E-state index in [1.54, 1.807) is 0 Å². The molecule has 1 aromatic carbocycles. The number of ether oxygens (including phenoxy) is 2. The zero-order valence-corrected chi connectivity index (χ0v) is 15.8. The molecule has 0 aliphatic carbocycles. The van der Waals surface area contributed by atoms with Crippen LogP contribution in [0.2, 0.25) is 5.82 Å². The molecule has 5 heteroatoms. The fraction of sp³-hybridized carbons (Fsp3) is 0.700. The first-order valence-electron chi connectivity index (χ1n) is 9.56. The summed E-state index contributed by atoms with van der Waals surface area (Å²) in [4.78, 5) is 0. The standard InChI is InChI=1S/C20H29BO4/c1-19(2)20(3,4)25-21(24-19)16-12-17(23-13-16)7-5-14-6-8-18-15(11-14)9-10-22-18/h6,8,11,16-17H,5,7,9-10,12-13H2,1-4H3/t16-,17+/m0/s1. The summed E-state index contributed by atoms with van der Waals surface area (Å²) in [6.07, 6.45) is 4.45. The molecule has 2 saturated heterocycles. The Kier molecular flexibility index (Phi) is 4.37. The minimum absolute atomic E-state index is 0.146. The maximum absolute atomic E-state index is 6.19. The fourth-order valence-corrected chi connectivity index (χ4v) is 3.93. The second-order valence-corrected chi connectivity index (χ2v) is 8.66. The van der Waals surface area contributed by atoms with E-state index in [9.17, 15) is 0 Å². The highest BCUT2D eigenvalue weighted by atomic mass is 16.7. The average Bonchev–Trinajstić information content (AvgIpc) is 3.24. The Bertz CT molecular complexity index is 627. The van der Waals surface area contributed by atoms with Crippen LogP contribution in [0.5, 0.6) is 5.75 Å². The van der Waals surface area contributed by atoms with E-state index in [0.717, 1.165) is 44.6 Å². The van der Waals surface area contributed by atoms with Gasteiger partial charge in [-0.05, 0) is 64.2 Å². The van der Waals surface area contributed by atoms with Crippen LogP contribution in [0.4, 0.5) is 0 Å². The molecule has 2 fully saturated rings. The van der Waals surface area contributed by atoms with Crippen LogP contribution in [-0.4, -0.2) is 37.6 Å². The van der Waals surface area contributed by atoms with Crippen molar-refractivity contribution in [3.8, 4) is 5.75 Å². The lowest BCUT2D eigenvalue weighted by Crippen LogP contribution is -2.41. The highest BCUT2D eigenvalue weighted by Gasteiger charge is 2.54. The minimum Gasteiger partial charge on any atom is -0.493 e. The number of rotatable bonds is 4. The third-order valence-electron chi connectivity index (χ3n) is 6.28. The number of fused-ring (bicyclic) bond motifs is 1. The molecular formula is C20H29BO4. The van der Waals surface area contributed by atoms with E-state index in [2.05, 4.69) is 45.9 Å². The molecule has 0 bridgehead atoms. The van der Waals surface area contributed by atoms with Gasteiger partial charge in [0.1, 0.15) is 5.75 Å². The van der Waals surface area contributed by atoms with Gasteiger partial charge in [-0.25, -0.2) is 0 Å². The highest BCUT2D eigenvalue weighted by molar-refractivity contribution is 6.47. The molecule has 4 rings (SSSR count). The smallest absolute Gasteiger partial charge is 0.463 e. The molecule has 3 heterocycles. The summed E-state index contributed by atoms with van der Waals surface area (Å²) in [5.41, 5.74) is 2.21. The molecule has 0 aromatic heterocycles. The molecule has 0 spiro atoms. The van der Waals surface area contributed by atoms with E-state index >= 15 is 0 Å². The summed E-state index contributed by atoms with van der Waals surface area (Å²) in [6.45, 7) is 9.99. The summed E-state index contributed by atoms with van der Waals surface area (Å²) < 4.78 is 24.0. The van der Waals surface area contributed by atoms with Gasteiger partial charge in [-0.3, -0.25) is 0 Å². The van der Waals surface area contributed by atoms with Crippen molar-refractivity contribution in [2.24, 2.45) is 0 Å². The summed E-state index contributed by atoms with van der Waals surface area (Å²) in [5, 5.41) is 0. The van der Waals surface area contributed by atoms with Gasteiger partial charge >= 0.3 is 7.12 Å². The van der Waals surface area contributed by atoms with Gasteiger partial charge in [0.05, 0.1) is 23.9 Å². The van der Waals surface area contributed by atoms with Crippen molar-refractivity contribution in [3.63, 3.8) is 0 Å². The van der Waals surface area contributed by atoms with Gasteiger partial charge in [0, 0.05) is 18.8 Å². The van der Waals surface area contributed by atoms with E-state index in [4.69, 9.17) is 18.8 Å². The molecule has 3 aliphatic rings. The molecule has 2 atom stereocenters. The zero-order chi connectivity index (χ0) is 17.7. The lowest BCUT2D eigenvalue weighted by Gasteiger charge is -2.32. The van der Waals surface area contributed by atoms with E-state index in [1.165, 1.54) is 11.1 Å². The van der Waals surface area contributed by atoms with Crippen LogP contribution in [0.1, 0.15) is 51.7 Å². The highest BCUT2D eigenvalue weighted by Crippen LogP contribution is 2.43. The third kappa shape index (κ3) is 3.34. The van der Waals surface area contributed by atoms with Gasteiger partial charge in [0.15, 0.2) is 0 Å². The molecule has 1 aromatic rings.